The molecule has 0 rings (SSSR count). The van der Waals surface area contributed by atoms with Gasteiger partial charge in [-0.1, -0.05) is 0 Å². The lowest BCUT2D eigenvalue weighted by Crippen LogP contribution is -2.10. The van der Waals surface area contributed by atoms with Crippen LogP contribution in [-0.2, 0) is 27.8 Å². The van der Waals surface area contributed by atoms with E-state index in [1.165, 1.54) is 7.11 Å². The Morgan fingerprint density at radius 1 is 0.867 bits per heavy atom. The number of ether oxygens (including phenoxy) is 3. The molecule has 0 aliphatic carbocycles. The van der Waals surface area contributed by atoms with E-state index in [9.17, 15) is 4.57 Å². The molecule has 7 heteroatoms. The second kappa shape index (κ2) is 12.0. The largest absolute Gasteiger partial charge is 0.697 e. The molecule has 1 unspecified atom stereocenters. The maximum Gasteiger partial charge on any atom is 0.697 e. The van der Waals surface area contributed by atoms with Gasteiger partial charge in [0.05, 0.1) is 40.1 Å². The predicted molar refractivity (Wildman–Crippen MR) is 54.1 cm³/mol. The van der Waals surface area contributed by atoms with E-state index >= 15 is 0 Å². The van der Waals surface area contributed by atoms with Crippen molar-refractivity contribution < 1.29 is 27.8 Å². The molecule has 0 saturated carbocycles. The van der Waals surface area contributed by atoms with Crippen LogP contribution in [0.25, 0.3) is 0 Å². The molecular weight excluding hydrogens is 223 g/mol. The summed E-state index contributed by atoms with van der Waals surface area (Å²) in [5.74, 6) is 0. The highest BCUT2D eigenvalue weighted by Crippen LogP contribution is 2.20. The number of rotatable bonds is 11. The molecule has 0 aromatic heterocycles. The highest BCUT2D eigenvalue weighted by atomic mass is 31.1. The minimum atomic E-state index is -1.99. The average Bonchev–Trinajstić information content (AvgIpc) is 2.26. The van der Waals surface area contributed by atoms with Gasteiger partial charge in [-0.05, 0) is 0 Å². The first-order chi connectivity index (χ1) is 7.31. The van der Waals surface area contributed by atoms with Gasteiger partial charge in [-0.15, -0.1) is 9.05 Å². The molecular formula is C8H18O6P+. The van der Waals surface area contributed by atoms with Gasteiger partial charge in [0.25, 0.3) is 0 Å². The molecule has 0 spiro atoms. The molecule has 6 nitrogen and oxygen atoms in total. The fourth-order valence-electron chi connectivity index (χ4n) is 0.688. The van der Waals surface area contributed by atoms with Gasteiger partial charge in [0.2, 0.25) is 0 Å². The van der Waals surface area contributed by atoms with Crippen LogP contribution < -0.4 is 0 Å². The fourth-order valence-corrected chi connectivity index (χ4v) is 1.02. The fraction of sp³-hybridized carbons (Fsp3) is 1.00. The number of methoxy groups -OCH3 is 1. The quantitative estimate of drug-likeness (QED) is 0.397. The Morgan fingerprint density at radius 2 is 1.40 bits per heavy atom. The standard InChI is InChI=1S/C8H18O6P/c1-10-3-4-12-5-6-13-7-8-14-15(9)11-2/h3-8H2,1-2H3/q+1. The summed E-state index contributed by atoms with van der Waals surface area (Å²) in [7, 11) is 0.953. The summed E-state index contributed by atoms with van der Waals surface area (Å²) in [6, 6.07) is 0. The Bertz CT molecular complexity index is 154. The van der Waals surface area contributed by atoms with Crippen molar-refractivity contribution in [1.29, 1.82) is 0 Å². The third-order valence-electron chi connectivity index (χ3n) is 1.38. The molecule has 0 aliphatic heterocycles. The Balaban J connectivity index is 2.95. The molecule has 0 aromatic rings. The van der Waals surface area contributed by atoms with E-state index in [1.807, 2.05) is 0 Å². The normalized spacial score (nSPS) is 11.7. The Morgan fingerprint density at radius 3 is 1.93 bits per heavy atom. The van der Waals surface area contributed by atoms with Crippen molar-refractivity contribution in [3.63, 3.8) is 0 Å². The van der Waals surface area contributed by atoms with E-state index < -0.39 is 8.25 Å². The predicted octanol–water partition coefficient (Wildman–Crippen LogP) is 0.986. The van der Waals surface area contributed by atoms with Gasteiger partial charge in [-0.2, -0.15) is 0 Å². The van der Waals surface area contributed by atoms with Crippen LogP contribution in [0.4, 0.5) is 0 Å². The molecule has 0 radical (unpaired) electrons. The minimum absolute atomic E-state index is 0.251. The van der Waals surface area contributed by atoms with Crippen LogP contribution in [0.5, 0.6) is 0 Å². The van der Waals surface area contributed by atoms with Crippen LogP contribution in [0, 0.1) is 0 Å². The summed E-state index contributed by atoms with van der Waals surface area (Å²) >= 11 is 0. The second-order valence-corrected chi connectivity index (χ2v) is 3.53. The molecule has 15 heavy (non-hydrogen) atoms. The summed E-state index contributed by atoms with van der Waals surface area (Å²) in [5.41, 5.74) is 0. The summed E-state index contributed by atoms with van der Waals surface area (Å²) in [5, 5.41) is 0. The van der Waals surface area contributed by atoms with Gasteiger partial charge >= 0.3 is 8.25 Å². The first kappa shape index (κ1) is 14.9. The third-order valence-corrected chi connectivity index (χ3v) is 2.07. The summed E-state index contributed by atoms with van der Waals surface area (Å²) < 4.78 is 34.9. The van der Waals surface area contributed by atoms with Crippen molar-refractivity contribution in [2.24, 2.45) is 0 Å². The number of hydrogen-bond acceptors (Lipinski definition) is 6. The first-order valence-corrected chi connectivity index (χ1v) is 5.69. The van der Waals surface area contributed by atoms with Gasteiger partial charge in [-0.25, -0.2) is 0 Å². The monoisotopic (exact) mass is 241 g/mol. The van der Waals surface area contributed by atoms with E-state index in [1.54, 1.807) is 7.11 Å². The summed E-state index contributed by atoms with van der Waals surface area (Å²) in [4.78, 5) is 0. The van der Waals surface area contributed by atoms with Crippen molar-refractivity contribution >= 4 is 8.25 Å². The van der Waals surface area contributed by atoms with Crippen LogP contribution in [0.3, 0.4) is 0 Å². The van der Waals surface area contributed by atoms with E-state index in [-0.39, 0.29) is 6.61 Å². The van der Waals surface area contributed by atoms with Crippen molar-refractivity contribution in [2.45, 2.75) is 0 Å². The summed E-state index contributed by atoms with van der Waals surface area (Å²) in [6.45, 7) is 2.76. The molecule has 0 heterocycles. The molecule has 0 aliphatic rings. The van der Waals surface area contributed by atoms with Gasteiger partial charge in [-0.3, -0.25) is 0 Å². The molecule has 0 saturated heterocycles. The minimum Gasteiger partial charge on any atom is -0.382 e. The highest BCUT2D eigenvalue weighted by Gasteiger charge is 2.15. The molecule has 0 N–H and O–H groups in total. The SMILES string of the molecule is COCCOCCOCCO[P+](=O)OC. The molecule has 0 bridgehead atoms. The van der Waals surface area contributed by atoms with Crippen molar-refractivity contribution in [3.05, 3.63) is 0 Å². The summed E-state index contributed by atoms with van der Waals surface area (Å²) in [6.07, 6.45) is 0. The highest BCUT2D eigenvalue weighted by molar-refractivity contribution is 7.33. The van der Waals surface area contributed by atoms with Crippen LogP contribution in [0.15, 0.2) is 0 Å². The zero-order chi connectivity index (χ0) is 11.4. The molecule has 0 fully saturated rings. The van der Waals surface area contributed by atoms with E-state index in [0.717, 1.165) is 0 Å². The van der Waals surface area contributed by atoms with Crippen LogP contribution >= 0.6 is 8.25 Å². The van der Waals surface area contributed by atoms with Crippen molar-refractivity contribution in [3.8, 4) is 0 Å². The lowest BCUT2D eigenvalue weighted by molar-refractivity contribution is 0.0175. The molecule has 90 valence electrons. The van der Waals surface area contributed by atoms with Crippen LogP contribution in [0.2, 0.25) is 0 Å². The molecule has 0 aromatic carbocycles. The zero-order valence-corrected chi connectivity index (χ0v) is 10.0. The topological polar surface area (TPSA) is 63.2 Å². The second-order valence-electron chi connectivity index (χ2n) is 2.46. The van der Waals surface area contributed by atoms with E-state index in [0.29, 0.717) is 33.0 Å². The van der Waals surface area contributed by atoms with Gasteiger partial charge < -0.3 is 14.2 Å². The van der Waals surface area contributed by atoms with E-state index in [4.69, 9.17) is 18.7 Å². The Labute approximate surface area is 90.7 Å². The Hall–Kier alpha value is -0.100. The maximum absolute atomic E-state index is 10.6. The third kappa shape index (κ3) is 11.8. The van der Waals surface area contributed by atoms with Crippen molar-refractivity contribution in [1.82, 2.24) is 0 Å². The van der Waals surface area contributed by atoms with Gasteiger partial charge in [0.15, 0.2) is 0 Å². The lowest BCUT2D eigenvalue weighted by atomic mass is 10.7. The Kier molecular flexibility index (Phi) is 11.9. The molecule has 1 atom stereocenters. The van der Waals surface area contributed by atoms with Gasteiger partial charge in [0.1, 0.15) is 6.61 Å². The van der Waals surface area contributed by atoms with Crippen molar-refractivity contribution in [2.75, 3.05) is 53.9 Å². The molecule has 0 amide bonds. The van der Waals surface area contributed by atoms with Crippen LogP contribution in [0.1, 0.15) is 0 Å². The smallest absolute Gasteiger partial charge is 0.382 e. The maximum atomic E-state index is 10.6. The van der Waals surface area contributed by atoms with E-state index in [2.05, 4.69) is 4.52 Å². The lowest BCUT2D eigenvalue weighted by Gasteiger charge is -2.03. The average molecular weight is 241 g/mol. The first-order valence-electron chi connectivity index (χ1n) is 4.60. The van der Waals surface area contributed by atoms with Gasteiger partial charge in [0, 0.05) is 11.7 Å². The zero-order valence-electron chi connectivity index (χ0n) is 9.14. The number of hydrogen-bond donors (Lipinski definition) is 0. The van der Waals surface area contributed by atoms with Crippen LogP contribution in [-0.4, -0.2) is 53.9 Å².